The number of carbonyl (C=O) groups excluding carboxylic acids is 1. The maximum absolute atomic E-state index is 14.6. The van der Waals surface area contributed by atoms with Crippen LogP contribution in [0.3, 0.4) is 0 Å². The van der Waals surface area contributed by atoms with E-state index in [1.165, 1.54) is 17.8 Å². The summed E-state index contributed by atoms with van der Waals surface area (Å²) in [5, 5.41) is 11.9. The molecule has 0 bridgehead atoms. The van der Waals surface area contributed by atoms with Crippen LogP contribution < -0.4 is 5.32 Å². The number of carbonyl (C=O) groups is 1. The number of halogens is 1. The molecule has 7 nitrogen and oxygen atoms in total. The molecule has 0 aliphatic carbocycles. The summed E-state index contributed by atoms with van der Waals surface area (Å²) in [4.78, 5) is 16.6. The summed E-state index contributed by atoms with van der Waals surface area (Å²) < 4.78 is 18.2. The molecular weight excluding hydrogens is 439 g/mol. The number of hydrogen-bond acceptors (Lipinski definition) is 5. The molecule has 0 saturated heterocycles. The first-order valence-corrected chi connectivity index (χ1v) is 11.5. The van der Waals surface area contributed by atoms with E-state index in [1.54, 1.807) is 29.1 Å². The molecule has 0 spiro atoms. The molecule has 4 rings (SSSR count). The standard InChI is InChI=1S/C24H25FN6OS/c1-15-5-6-16(2)22(11-15)31-18(4)28-29-24(31)33-14-23(32)27-13-19-7-8-21(20(25)12-19)30-10-9-26-17(30)3/h5-12H,13-14H2,1-4H3,(H,27,32). The molecule has 2 aromatic heterocycles. The molecule has 2 aromatic carbocycles. The van der Waals surface area contributed by atoms with Crippen molar-refractivity contribution in [3.63, 3.8) is 0 Å². The van der Waals surface area contributed by atoms with Crippen LogP contribution in [0.5, 0.6) is 0 Å². The van der Waals surface area contributed by atoms with Gasteiger partial charge in [-0.3, -0.25) is 9.36 Å². The van der Waals surface area contributed by atoms with Crippen molar-refractivity contribution >= 4 is 17.7 Å². The molecule has 9 heteroatoms. The van der Waals surface area contributed by atoms with Crippen LogP contribution in [-0.4, -0.2) is 36.0 Å². The molecule has 170 valence electrons. The van der Waals surface area contributed by atoms with Crippen LogP contribution in [-0.2, 0) is 11.3 Å². The summed E-state index contributed by atoms with van der Waals surface area (Å²) in [6.07, 6.45) is 3.34. The van der Waals surface area contributed by atoms with E-state index in [1.807, 2.05) is 32.3 Å². The highest BCUT2D eigenvalue weighted by Gasteiger charge is 2.15. The van der Waals surface area contributed by atoms with Gasteiger partial charge in [-0.25, -0.2) is 9.37 Å². The second-order valence-electron chi connectivity index (χ2n) is 7.85. The van der Waals surface area contributed by atoms with Gasteiger partial charge in [-0.2, -0.15) is 0 Å². The van der Waals surface area contributed by atoms with E-state index >= 15 is 0 Å². The van der Waals surface area contributed by atoms with Crippen LogP contribution in [0.25, 0.3) is 11.4 Å². The predicted molar refractivity (Wildman–Crippen MR) is 126 cm³/mol. The maximum Gasteiger partial charge on any atom is 0.230 e. The number of amides is 1. The summed E-state index contributed by atoms with van der Waals surface area (Å²) in [7, 11) is 0. The van der Waals surface area contributed by atoms with Crippen LogP contribution in [0.1, 0.15) is 28.3 Å². The van der Waals surface area contributed by atoms with Crippen LogP contribution in [0.2, 0.25) is 0 Å². The third kappa shape index (κ3) is 4.98. The molecule has 4 aromatic rings. The Labute approximate surface area is 196 Å². The van der Waals surface area contributed by atoms with Crippen molar-refractivity contribution in [2.24, 2.45) is 0 Å². The number of rotatable bonds is 7. The number of nitrogens with one attached hydrogen (secondary N) is 1. The molecular formula is C24H25FN6OS. The molecule has 1 N–H and O–H groups in total. The summed E-state index contributed by atoms with van der Waals surface area (Å²) in [6.45, 7) is 8.02. The highest BCUT2D eigenvalue weighted by atomic mass is 32.2. The molecule has 0 saturated carbocycles. The Bertz CT molecular complexity index is 1310. The van der Waals surface area contributed by atoms with E-state index in [0.717, 1.165) is 22.6 Å². The fourth-order valence-electron chi connectivity index (χ4n) is 3.54. The number of nitrogens with zero attached hydrogens (tertiary/aromatic N) is 5. The monoisotopic (exact) mass is 464 g/mol. The zero-order chi connectivity index (χ0) is 23.5. The van der Waals surface area contributed by atoms with E-state index < -0.39 is 0 Å². The SMILES string of the molecule is Cc1ccc(C)c(-n2c(C)nnc2SCC(=O)NCc2ccc(-n3ccnc3C)c(F)c2)c1. The summed E-state index contributed by atoms with van der Waals surface area (Å²) in [6, 6.07) is 11.1. The Morgan fingerprint density at radius 3 is 2.58 bits per heavy atom. The van der Waals surface area contributed by atoms with Crippen molar-refractivity contribution in [3.8, 4) is 11.4 Å². The topological polar surface area (TPSA) is 77.6 Å². The van der Waals surface area contributed by atoms with Gasteiger partial charge in [-0.05, 0) is 62.6 Å². The molecule has 0 radical (unpaired) electrons. The summed E-state index contributed by atoms with van der Waals surface area (Å²) in [5.41, 5.74) is 4.35. The average molecular weight is 465 g/mol. The lowest BCUT2D eigenvalue weighted by atomic mass is 10.1. The first kappa shape index (κ1) is 22.7. The lowest BCUT2D eigenvalue weighted by molar-refractivity contribution is -0.118. The zero-order valence-corrected chi connectivity index (χ0v) is 19.8. The number of thioether (sulfide) groups is 1. The van der Waals surface area contributed by atoms with E-state index in [-0.39, 0.29) is 24.0 Å². The molecule has 0 atom stereocenters. The van der Waals surface area contributed by atoms with Gasteiger partial charge in [0.05, 0.1) is 17.1 Å². The van der Waals surface area contributed by atoms with Crippen LogP contribution >= 0.6 is 11.8 Å². The fourth-order valence-corrected chi connectivity index (χ4v) is 4.36. The molecule has 1 amide bonds. The predicted octanol–water partition coefficient (Wildman–Crippen LogP) is 4.23. The second-order valence-corrected chi connectivity index (χ2v) is 8.79. The largest absolute Gasteiger partial charge is 0.351 e. The van der Waals surface area contributed by atoms with Crippen molar-refractivity contribution in [2.45, 2.75) is 39.4 Å². The third-order valence-electron chi connectivity index (χ3n) is 5.32. The second kappa shape index (κ2) is 9.58. The molecule has 33 heavy (non-hydrogen) atoms. The Morgan fingerprint density at radius 1 is 1.03 bits per heavy atom. The number of benzene rings is 2. The highest BCUT2D eigenvalue weighted by molar-refractivity contribution is 7.99. The van der Waals surface area contributed by atoms with Gasteiger partial charge in [0.1, 0.15) is 17.5 Å². The Hall–Kier alpha value is -3.46. The van der Waals surface area contributed by atoms with Crippen molar-refractivity contribution in [1.82, 2.24) is 29.6 Å². The third-order valence-corrected chi connectivity index (χ3v) is 6.25. The first-order chi connectivity index (χ1) is 15.8. The normalized spacial score (nSPS) is 11.1. The minimum Gasteiger partial charge on any atom is -0.351 e. The molecule has 0 unspecified atom stereocenters. The molecule has 0 aliphatic rings. The van der Waals surface area contributed by atoms with E-state index in [0.29, 0.717) is 22.2 Å². The summed E-state index contributed by atoms with van der Waals surface area (Å²) >= 11 is 1.32. The van der Waals surface area contributed by atoms with Gasteiger partial charge in [0.15, 0.2) is 5.16 Å². The van der Waals surface area contributed by atoms with E-state index in [2.05, 4.69) is 38.7 Å². The van der Waals surface area contributed by atoms with Gasteiger partial charge in [0.2, 0.25) is 5.91 Å². The van der Waals surface area contributed by atoms with Gasteiger partial charge < -0.3 is 9.88 Å². The Kier molecular flexibility index (Phi) is 6.60. The van der Waals surface area contributed by atoms with Crippen molar-refractivity contribution in [2.75, 3.05) is 5.75 Å². The van der Waals surface area contributed by atoms with Gasteiger partial charge in [-0.1, -0.05) is 30.0 Å². The quantitative estimate of drug-likeness (QED) is 0.414. The van der Waals surface area contributed by atoms with Crippen LogP contribution in [0.4, 0.5) is 4.39 Å². The number of hydrogen-bond donors (Lipinski definition) is 1. The molecule has 0 fully saturated rings. The van der Waals surface area contributed by atoms with Crippen molar-refractivity contribution < 1.29 is 9.18 Å². The smallest absolute Gasteiger partial charge is 0.230 e. The van der Waals surface area contributed by atoms with E-state index in [9.17, 15) is 9.18 Å². The van der Waals surface area contributed by atoms with Gasteiger partial charge in [-0.15, -0.1) is 10.2 Å². The Morgan fingerprint density at radius 2 is 1.85 bits per heavy atom. The van der Waals surface area contributed by atoms with Crippen molar-refractivity contribution in [1.29, 1.82) is 0 Å². The highest BCUT2D eigenvalue weighted by Crippen LogP contribution is 2.25. The minimum absolute atomic E-state index is 0.164. The summed E-state index contributed by atoms with van der Waals surface area (Å²) in [5.74, 6) is 1.11. The van der Waals surface area contributed by atoms with Gasteiger partial charge >= 0.3 is 0 Å². The van der Waals surface area contributed by atoms with Crippen LogP contribution in [0, 0.1) is 33.5 Å². The molecule has 2 heterocycles. The lowest BCUT2D eigenvalue weighted by Crippen LogP contribution is -2.24. The number of imidazole rings is 1. The minimum atomic E-state index is -0.366. The average Bonchev–Trinajstić information content (AvgIpc) is 3.37. The number of aryl methyl sites for hydroxylation is 4. The van der Waals surface area contributed by atoms with Gasteiger partial charge in [0, 0.05) is 18.9 Å². The van der Waals surface area contributed by atoms with Crippen LogP contribution in [0.15, 0.2) is 53.9 Å². The van der Waals surface area contributed by atoms with E-state index in [4.69, 9.17) is 0 Å². The lowest BCUT2D eigenvalue weighted by Gasteiger charge is -2.12. The molecule has 0 aliphatic heterocycles. The fraction of sp³-hybridized carbons (Fsp3) is 0.250. The zero-order valence-electron chi connectivity index (χ0n) is 19.0. The first-order valence-electron chi connectivity index (χ1n) is 10.5. The maximum atomic E-state index is 14.6. The van der Waals surface area contributed by atoms with Gasteiger partial charge in [0.25, 0.3) is 0 Å². The van der Waals surface area contributed by atoms with Crippen molar-refractivity contribution in [3.05, 3.63) is 82.9 Å². The number of aromatic nitrogens is 5. The Balaban J connectivity index is 1.39.